The number of carbonyl (C=O) groups is 1. The summed E-state index contributed by atoms with van der Waals surface area (Å²) in [6.07, 6.45) is 8.15. The second-order valence-corrected chi connectivity index (χ2v) is 7.21. The Hall–Kier alpha value is -1.07. The van der Waals surface area contributed by atoms with Gasteiger partial charge in [0.15, 0.2) is 0 Å². The monoisotopic (exact) mass is 328 g/mol. The first-order chi connectivity index (χ1) is 9.97. The number of benzene rings is 1. The van der Waals surface area contributed by atoms with Crippen LogP contribution in [0.3, 0.4) is 0 Å². The molecule has 6 heteroatoms. The zero-order valence-corrected chi connectivity index (χ0v) is 13.7. The van der Waals surface area contributed by atoms with Gasteiger partial charge >= 0.3 is 5.97 Å². The fourth-order valence-electron chi connectivity index (χ4n) is 2.87. The largest absolute Gasteiger partial charge is 0.478 e. The summed E-state index contributed by atoms with van der Waals surface area (Å²) in [5.74, 6) is -1.02. The number of thioether (sulfide) groups is 1. The maximum Gasteiger partial charge on any atom is 0.337 e. The molecule has 4 N–H and O–H groups in total. The van der Waals surface area contributed by atoms with E-state index >= 15 is 0 Å². The fraction of sp³-hybridized carbons (Fsp3) is 0.533. The Balaban J connectivity index is 2.21. The van der Waals surface area contributed by atoms with E-state index in [-0.39, 0.29) is 10.3 Å². The second-order valence-electron chi connectivity index (χ2n) is 5.53. The first-order valence-electron chi connectivity index (χ1n) is 7.09. The van der Waals surface area contributed by atoms with Gasteiger partial charge in [0.1, 0.15) is 0 Å². The Morgan fingerprint density at radius 2 is 2.10 bits per heavy atom. The van der Waals surface area contributed by atoms with Crippen LogP contribution in [0.4, 0.5) is 11.4 Å². The van der Waals surface area contributed by atoms with Gasteiger partial charge in [0, 0.05) is 17.0 Å². The zero-order chi connectivity index (χ0) is 15.5. The number of nitrogens with one attached hydrogen (secondary N) is 1. The average molecular weight is 329 g/mol. The molecule has 1 saturated carbocycles. The molecule has 0 aromatic heterocycles. The highest BCUT2D eigenvalue weighted by Gasteiger charge is 2.31. The molecule has 0 spiro atoms. The molecule has 1 aromatic rings. The highest BCUT2D eigenvalue weighted by molar-refractivity contribution is 8.00. The predicted octanol–water partition coefficient (Wildman–Crippen LogP) is 4.10. The molecule has 0 saturated heterocycles. The molecule has 0 atom stereocenters. The summed E-state index contributed by atoms with van der Waals surface area (Å²) in [7, 11) is 0. The molecule has 116 valence electrons. The van der Waals surface area contributed by atoms with E-state index in [0.29, 0.717) is 16.4 Å². The van der Waals surface area contributed by atoms with Crippen molar-refractivity contribution in [3.63, 3.8) is 0 Å². The van der Waals surface area contributed by atoms with Crippen LogP contribution in [-0.2, 0) is 0 Å². The van der Waals surface area contributed by atoms with Crippen LogP contribution in [0.2, 0.25) is 5.02 Å². The van der Waals surface area contributed by atoms with Gasteiger partial charge in [-0.25, -0.2) is 4.79 Å². The van der Waals surface area contributed by atoms with Gasteiger partial charge in [-0.15, -0.1) is 0 Å². The van der Waals surface area contributed by atoms with Crippen molar-refractivity contribution in [2.75, 3.05) is 23.9 Å². The van der Waals surface area contributed by atoms with E-state index in [1.807, 2.05) is 11.8 Å². The molecule has 21 heavy (non-hydrogen) atoms. The minimum absolute atomic E-state index is 0.132. The lowest BCUT2D eigenvalue weighted by Gasteiger charge is -2.36. The minimum atomic E-state index is -1.02. The number of aromatic carboxylic acids is 1. The van der Waals surface area contributed by atoms with E-state index < -0.39 is 5.97 Å². The molecule has 0 bridgehead atoms. The van der Waals surface area contributed by atoms with Gasteiger partial charge in [-0.1, -0.05) is 30.9 Å². The van der Waals surface area contributed by atoms with Crippen LogP contribution in [0.25, 0.3) is 0 Å². The number of nitrogens with two attached hydrogens (primary N) is 1. The van der Waals surface area contributed by atoms with Gasteiger partial charge in [-0.05, 0) is 31.2 Å². The SMILES string of the molecule is CSC1(CNc2c(Cl)cc(N)cc2C(=O)O)CCCCC1. The Morgan fingerprint density at radius 3 is 2.67 bits per heavy atom. The summed E-state index contributed by atoms with van der Waals surface area (Å²) in [5, 5.41) is 12.9. The summed E-state index contributed by atoms with van der Waals surface area (Å²) in [6.45, 7) is 0.720. The summed E-state index contributed by atoms with van der Waals surface area (Å²) >= 11 is 8.03. The van der Waals surface area contributed by atoms with Crippen molar-refractivity contribution < 1.29 is 9.90 Å². The van der Waals surface area contributed by atoms with Crippen LogP contribution in [0.1, 0.15) is 42.5 Å². The van der Waals surface area contributed by atoms with Crippen molar-refractivity contribution in [2.24, 2.45) is 0 Å². The van der Waals surface area contributed by atoms with E-state index in [9.17, 15) is 9.90 Å². The molecule has 1 aromatic carbocycles. The van der Waals surface area contributed by atoms with Gasteiger partial charge in [0.05, 0.1) is 16.3 Å². The van der Waals surface area contributed by atoms with Crippen LogP contribution >= 0.6 is 23.4 Å². The van der Waals surface area contributed by atoms with Gasteiger partial charge in [-0.3, -0.25) is 0 Å². The number of carboxylic acid groups (broad SMARTS) is 1. The van der Waals surface area contributed by atoms with Gasteiger partial charge in [0.25, 0.3) is 0 Å². The van der Waals surface area contributed by atoms with Crippen LogP contribution in [0.15, 0.2) is 12.1 Å². The third kappa shape index (κ3) is 3.77. The van der Waals surface area contributed by atoms with E-state index in [0.717, 1.165) is 19.4 Å². The number of rotatable bonds is 5. The first-order valence-corrected chi connectivity index (χ1v) is 8.69. The molecule has 1 aliphatic carbocycles. The number of hydrogen-bond donors (Lipinski definition) is 3. The molecule has 0 radical (unpaired) electrons. The van der Waals surface area contributed by atoms with Gasteiger partial charge in [0.2, 0.25) is 0 Å². The summed E-state index contributed by atoms with van der Waals surface area (Å²) in [6, 6.07) is 3.03. The maximum absolute atomic E-state index is 11.4. The van der Waals surface area contributed by atoms with Gasteiger partial charge in [-0.2, -0.15) is 11.8 Å². The number of anilines is 2. The Labute approximate surface area is 134 Å². The lowest BCUT2D eigenvalue weighted by Crippen LogP contribution is -2.35. The predicted molar refractivity (Wildman–Crippen MR) is 90.6 cm³/mol. The standard InChI is InChI=1S/C15H21ClN2O2S/c1-21-15(5-3-2-4-6-15)9-18-13-11(14(19)20)7-10(17)8-12(13)16/h7-8,18H,2-6,9,17H2,1H3,(H,19,20). The van der Waals surface area contributed by atoms with E-state index in [2.05, 4.69) is 11.6 Å². The maximum atomic E-state index is 11.4. The molecule has 1 aliphatic rings. The van der Waals surface area contributed by atoms with Crippen molar-refractivity contribution >= 4 is 40.7 Å². The van der Waals surface area contributed by atoms with Crippen LogP contribution in [-0.4, -0.2) is 28.6 Å². The topological polar surface area (TPSA) is 75.3 Å². The van der Waals surface area contributed by atoms with Crippen molar-refractivity contribution in [3.8, 4) is 0 Å². The molecule has 4 nitrogen and oxygen atoms in total. The van der Waals surface area contributed by atoms with Crippen molar-refractivity contribution in [1.29, 1.82) is 0 Å². The summed E-state index contributed by atoms with van der Waals surface area (Å²) in [4.78, 5) is 11.4. The quantitative estimate of drug-likeness (QED) is 0.709. The number of nitrogen functional groups attached to an aromatic ring is 1. The highest BCUT2D eigenvalue weighted by Crippen LogP contribution is 2.39. The lowest BCUT2D eigenvalue weighted by molar-refractivity contribution is 0.0698. The number of hydrogen-bond acceptors (Lipinski definition) is 4. The Morgan fingerprint density at radius 1 is 1.43 bits per heavy atom. The van der Waals surface area contributed by atoms with E-state index in [4.69, 9.17) is 17.3 Å². The smallest absolute Gasteiger partial charge is 0.337 e. The molecule has 2 rings (SSSR count). The van der Waals surface area contributed by atoms with Crippen LogP contribution in [0.5, 0.6) is 0 Å². The van der Waals surface area contributed by atoms with Crippen LogP contribution < -0.4 is 11.1 Å². The average Bonchev–Trinajstić information content (AvgIpc) is 2.46. The molecule has 0 amide bonds. The fourth-order valence-corrected chi connectivity index (χ4v) is 4.08. The first kappa shape index (κ1) is 16.3. The Kier molecular flexibility index (Phi) is 5.27. The molecular weight excluding hydrogens is 308 g/mol. The summed E-state index contributed by atoms with van der Waals surface area (Å²) < 4.78 is 0.165. The molecule has 1 fully saturated rings. The summed E-state index contributed by atoms with van der Waals surface area (Å²) in [5.41, 5.74) is 6.64. The van der Waals surface area contributed by atoms with Gasteiger partial charge < -0.3 is 16.2 Å². The molecule has 0 aliphatic heterocycles. The lowest BCUT2D eigenvalue weighted by atomic mass is 9.88. The third-order valence-electron chi connectivity index (χ3n) is 4.13. The Bertz CT molecular complexity index is 531. The number of halogens is 1. The van der Waals surface area contributed by atoms with Crippen LogP contribution in [0, 0.1) is 0 Å². The minimum Gasteiger partial charge on any atom is -0.478 e. The van der Waals surface area contributed by atoms with E-state index in [1.54, 1.807) is 6.07 Å². The van der Waals surface area contributed by atoms with E-state index in [1.165, 1.54) is 25.3 Å². The van der Waals surface area contributed by atoms with Crippen molar-refractivity contribution in [2.45, 2.75) is 36.9 Å². The van der Waals surface area contributed by atoms with Crippen molar-refractivity contribution in [3.05, 3.63) is 22.7 Å². The normalized spacial score (nSPS) is 17.4. The molecular formula is C15H21ClN2O2S. The second kappa shape index (κ2) is 6.79. The highest BCUT2D eigenvalue weighted by atomic mass is 35.5. The molecule has 0 heterocycles. The molecule has 0 unspecified atom stereocenters. The number of carboxylic acids is 1. The third-order valence-corrected chi connectivity index (χ3v) is 5.84. The van der Waals surface area contributed by atoms with Crippen molar-refractivity contribution in [1.82, 2.24) is 0 Å². The zero-order valence-electron chi connectivity index (χ0n) is 12.1.